The molecule has 0 bridgehead atoms. The summed E-state index contributed by atoms with van der Waals surface area (Å²) in [5.74, 6) is -1.24. The number of sulfonamides is 1. The predicted octanol–water partition coefficient (Wildman–Crippen LogP) is 0.357. The molecule has 0 aromatic carbocycles. The van der Waals surface area contributed by atoms with Crippen molar-refractivity contribution >= 4 is 16.0 Å². The van der Waals surface area contributed by atoms with Crippen LogP contribution in [0, 0.1) is 13.8 Å². The number of aliphatic carboxylic acids is 1. The number of rotatable bonds is 6. The molecule has 0 saturated heterocycles. The molecule has 0 aliphatic carbocycles. The summed E-state index contributed by atoms with van der Waals surface area (Å²) < 4.78 is 60.3. The maximum Gasteiger partial charge on any atom is 0.413 e. The molecular formula is C9H12F3N3O5S. The van der Waals surface area contributed by atoms with Crippen molar-refractivity contribution in [2.24, 2.45) is 0 Å². The molecule has 0 aliphatic rings. The highest BCUT2D eigenvalue weighted by atomic mass is 32.2. The lowest BCUT2D eigenvalue weighted by molar-refractivity contribution is -0.181. The third kappa shape index (κ3) is 4.68. The van der Waals surface area contributed by atoms with Crippen molar-refractivity contribution < 1.29 is 36.3 Å². The highest BCUT2D eigenvalue weighted by Gasteiger charge is 2.31. The van der Waals surface area contributed by atoms with Crippen LogP contribution < -0.4 is 4.89 Å². The highest BCUT2D eigenvalue weighted by Crippen LogP contribution is 2.20. The maximum atomic E-state index is 11.9. The van der Waals surface area contributed by atoms with Gasteiger partial charge < -0.3 is 5.11 Å². The Kier molecular flexibility index (Phi) is 4.96. The van der Waals surface area contributed by atoms with Crippen molar-refractivity contribution in [2.45, 2.75) is 31.5 Å². The van der Waals surface area contributed by atoms with Crippen molar-refractivity contribution in [3.63, 3.8) is 0 Å². The molecule has 1 heterocycles. The Morgan fingerprint density at radius 3 is 2.48 bits per heavy atom. The molecule has 2 N–H and O–H groups in total. The van der Waals surface area contributed by atoms with Crippen LogP contribution >= 0.6 is 0 Å². The first-order valence-corrected chi connectivity index (χ1v) is 6.88. The molecule has 1 aromatic heterocycles. The average molecular weight is 331 g/mol. The molecule has 0 atom stereocenters. The van der Waals surface area contributed by atoms with Gasteiger partial charge in [-0.05, 0) is 13.8 Å². The van der Waals surface area contributed by atoms with Crippen LogP contribution in [0.4, 0.5) is 13.2 Å². The van der Waals surface area contributed by atoms with Crippen molar-refractivity contribution in [3.05, 3.63) is 11.4 Å². The van der Waals surface area contributed by atoms with Crippen molar-refractivity contribution in [1.29, 1.82) is 0 Å². The van der Waals surface area contributed by atoms with Crippen LogP contribution in [0.15, 0.2) is 4.90 Å². The van der Waals surface area contributed by atoms with E-state index in [0.29, 0.717) is 0 Å². The monoisotopic (exact) mass is 331 g/mol. The summed E-state index contributed by atoms with van der Waals surface area (Å²) in [7, 11) is -4.41. The van der Waals surface area contributed by atoms with Crippen molar-refractivity contribution in [3.8, 4) is 0 Å². The lowest BCUT2D eigenvalue weighted by Gasteiger charge is -2.09. The molecule has 8 nitrogen and oxygen atoms in total. The number of carboxylic acid groups (broad SMARTS) is 1. The predicted molar refractivity (Wildman–Crippen MR) is 61.7 cm³/mol. The lowest BCUT2D eigenvalue weighted by Crippen LogP contribution is -2.30. The van der Waals surface area contributed by atoms with E-state index in [4.69, 9.17) is 5.11 Å². The minimum Gasteiger partial charge on any atom is -0.480 e. The van der Waals surface area contributed by atoms with Gasteiger partial charge in [0.2, 0.25) is 0 Å². The number of nitrogens with zero attached hydrogens (tertiary/aromatic N) is 2. The van der Waals surface area contributed by atoms with Gasteiger partial charge in [0.05, 0.1) is 11.4 Å². The fraction of sp³-hybridized carbons (Fsp3) is 0.556. The second kappa shape index (κ2) is 5.99. The largest absolute Gasteiger partial charge is 0.480 e. The topological polar surface area (TPSA) is 111 Å². The summed E-state index contributed by atoms with van der Waals surface area (Å²) in [5, 5.41) is 12.4. The number of halogens is 3. The Bertz CT molecular complexity index is 638. The minimum atomic E-state index is -4.69. The number of hydrogen-bond acceptors (Lipinski definition) is 5. The molecule has 12 heteroatoms. The smallest absolute Gasteiger partial charge is 0.413 e. The molecule has 1 aromatic rings. The standard InChI is InChI=1S/C9H12F3N3O5S/c1-5-8(6(2)15(13-5)3-7(16)17)21(18,19)14-20-4-9(10,11)12/h14H,3-4H2,1-2H3,(H,16,17). The Hall–Kier alpha value is -1.66. The van der Waals surface area contributed by atoms with Crippen LogP contribution in [-0.4, -0.2) is 42.1 Å². The van der Waals surface area contributed by atoms with E-state index in [1.54, 1.807) is 0 Å². The van der Waals surface area contributed by atoms with Gasteiger partial charge in [-0.15, -0.1) is 0 Å². The first kappa shape index (κ1) is 17.4. The van der Waals surface area contributed by atoms with Crippen LogP contribution in [0.25, 0.3) is 0 Å². The van der Waals surface area contributed by atoms with E-state index in [1.165, 1.54) is 18.7 Å². The summed E-state index contributed by atoms with van der Waals surface area (Å²) in [6, 6.07) is 0. The normalized spacial score (nSPS) is 12.6. The van der Waals surface area contributed by atoms with E-state index in [9.17, 15) is 26.4 Å². The molecular weight excluding hydrogens is 319 g/mol. The van der Waals surface area contributed by atoms with Crippen LogP contribution in [0.2, 0.25) is 0 Å². The minimum absolute atomic E-state index is 0.0296. The number of carboxylic acids is 1. The van der Waals surface area contributed by atoms with Gasteiger partial charge in [-0.25, -0.2) is 8.42 Å². The number of aromatic nitrogens is 2. The summed E-state index contributed by atoms with van der Waals surface area (Å²) in [4.78, 5) is 15.4. The highest BCUT2D eigenvalue weighted by molar-refractivity contribution is 7.89. The van der Waals surface area contributed by atoms with E-state index in [0.717, 1.165) is 4.68 Å². The van der Waals surface area contributed by atoms with Gasteiger partial charge >= 0.3 is 12.1 Å². The number of aryl methyl sites for hydroxylation is 1. The summed E-state index contributed by atoms with van der Waals surface area (Å²) in [5.41, 5.74) is -0.0881. The third-order valence-corrected chi connectivity index (χ3v) is 3.74. The average Bonchev–Trinajstić information content (AvgIpc) is 2.50. The Morgan fingerprint density at radius 1 is 1.43 bits per heavy atom. The zero-order chi connectivity index (χ0) is 16.4. The molecule has 0 amide bonds. The quantitative estimate of drug-likeness (QED) is 0.728. The number of alkyl halides is 3. The van der Waals surface area contributed by atoms with Gasteiger partial charge in [0, 0.05) is 0 Å². The van der Waals surface area contributed by atoms with Gasteiger partial charge in [-0.2, -0.15) is 18.3 Å². The molecule has 0 radical (unpaired) electrons. The summed E-state index contributed by atoms with van der Waals surface area (Å²) >= 11 is 0. The maximum absolute atomic E-state index is 11.9. The van der Waals surface area contributed by atoms with Crippen molar-refractivity contribution in [2.75, 3.05) is 6.61 Å². The first-order valence-electron chi connectivity index (χ1n) is 5.40. The van der Waals surface area contributed by atoms with Gasteiger partial charge in [0.25, 0.3) is 10.0 Å². The van der Waals surface area contributed by atoms with Crippen LogP contribution in [-0.2, 0) is 26.2 Å². The molecule has 21 heavy (non-hydrogen) atoms. The zero-order valence-electron chi connectivity index (χ0n) is 10.9. The Labute approximate surface area is 117 Å². The Morgan fingerprint density at radius 2 is 2.00 bits per heavy atom. The van der Waals surface area contributed by atoms with Crippen molar-refractivity contribution in [1.82, 2.24) is 14.7 Å². The first-order chi connectivity index (χ1) is 9.44. The molecule has 0 saturated carbocycles. The SMILES string of the molecule is Cc1nn(CC(=O)O)c(C)c1S(=O)(=O)NOCC(F)(F)F. The van der Waals surface area contributed by atoms with Crippen LogP contribution in [0.1, 0.15) is 11.4 Å². The molecule has 0 unspecified atom stereocenters. The fourth-order valence-electron chi connectivity index (χ4n) is 1.58. The van der Waals surface area contributed by atoms with Crippen LogP contribution in [0.5, 0.6) is 0 Å². The second-order valence-electron chi connectivity index (χ2n) is 4.04. The van der Waals surface area contributed by atoms with E-state index in [-0.39, 0.29) is 11.4 Å². The van der Waals surface area contributed by atoms with E-state index >= 15 is 0 Å². The fourth-order valence-corrected chi connectivity index (χ4v) is 2.80. The van der Waals surface area contributed by atoms with E-state index in [1.807, 2.05) is 0 Å². The van der Waals surface area contributed by atoms with E-state index in [2.05, 4.69) is 9.94 Å². The Balaban J connectivity index is 2.98. The van der Waals surface area contributed by atoms with Gasteiger partial charge in [0.1, 0.15) is 11.4 Å². The number of carbonyl (C=O) groups is 1. The van der Waals surface area contributed by atoms with Gasteiger partial charge in [-0.3, -0.25) is 14.3 Å². The molecule has 0 spiro atoms. The van der Waals surface area contributed by atoms with Crippen LogP contribution in [0.3, 0.4) is 0 Å². The molecule has 0 fully saturated rings. The zero-order valence-corrected chi connectivity index (χ0v) is 11.7. The third-order valence-electron chi connectivity index (χ3n) is 2.27. The van der Waals surface area contributed by atoms with Gasteiger partial charge in [-0.1, -0.05) is 4.89 Å². The van der Waals surface area contributed by atoms with Gasteiger partial charge in [0.15, 0.2) is 6.61 Å². The number of nitrogens with one attached hydrogen (secondary N) is 1. The lowest BCUT2D eigenvalue weighted by atomic mass is 10.4. The molecule has 0 aliphatic heterocycles. The summed E-state index contributed by atoms with van der Waals surface area (Å²) in [6.45, 7) is 0.185. The van der Waals surface area contributed by atoms with E-state index < -0.39 is 40.2 Å². The summed E-state index contributed by atoms with van der Waals surface area (Å²) in [6.07, 6.45) is -4.69. The molecule has 120 valence electrons. The second-order valence-corrected chi connectivity index (χ2v) is 5.62. The molecule has 1 rings (SSSR count). The number of hydrogen-bond donors (Lipinski definition) is 2.